The minimum absolute atomic E-state index is 0.0577. The third kappa shape index (κ3) is 9.07. The summed E-state index contributed by atoms with van der Waals surface area (Å²) in [4.78, 5) is 16.0. The second-order valence-corrected chi connectivity index (χ2v) is 11.1. The Labute approximate surface area is 259 Å². The van der Waals surface area contributed by atoms with Gasteiger partial charge in [0.05, 0.1) is 11.8 Å². The van der Waals surface area contributed by atoms with Crippen LogP contribution in [0.15, 0.2) is 84.9 Å². The van der Waals surface area contributed by atoms with Gasteiger partial charge in [-0.2, -0.15) is 0 Å². The molecule has 0 aliphatic carbocycles. The van der Waals surface area contributed by atoms with Gasteiger partial charge in [-0.15, -0.1) is 0 Å². The van der Waals surface area contributed by atoms with Gasteiger partial charge in [-0.1, -0.05) is 80.1 Å². The highest BCUT2D eigenvalue weighted by Crippen LogP contribution is 2.37. The molecule has 0 bridgehead atoms. The van der Waals surface area contributed by atoms with Gasteiger partial charge in [0.25, 0.3) is 0 Å². The molecule has 0 radical (unpaired) electrons. The van der Waals surface area contributed by atoms with E-state index in [0.717, 1.165) is 67.5 Å². The van der Waals surface area contributed by atoms with E-state index in [0.29, 0.717) is 37.0 Å². The van der Waals surface area contributed by atoms with Gasteiger partial charge < -0.3 is 24.1 Å². The molecule has 1 aromatic heterocycles. The van der Waals surface area contributed by atoms with Gasteiger partial charge in [0, 0.05) is 18.2 Å². The summed E-state index contributed by atoms with van der Waals surface area (Å²) in [5.74, 6) is 0.655. The fourth-order valence-electron chi connectivity index (χ4n) is 5.36. The molecule has 1 unspecified atom stereocenters. The number of ether oxygens (including phenoxy) is 4. The molecule has 1 fully saturated rings. The fourth-order valence-corrected chi connectivity index (χ4v) is 5.36. The zero-order valence-electron chi connectivity index (χ0n) is 25.4. The van der Waals surface area contributed by atoms with Gasteiger partial charge in [0.2, 0.25) is 5.88 Å². The van der Waals surface area contributed by atoms with Crippen molar-refractivity contribution in [2.75, 3.05) is 19.8 Å². The fraction of sp³-hybridized carbons (Fsp3) is 0.351. The van der Waals surface area contributed by atoms with Crippen molar-refractivity contribution in [1.29, 1.82) is 0 Å². The second-order valence-electron chi connectivity index (χ2n) is 11.1. The smallest absolute Gasteiger partial charge is 0.341 e. The first-order chi connectivity index (χ1) is 21.6. The van der Waals surface area contributed by atoms with Crippen LogP contribution in [-0.2, 0) is 35.4 Å². The number of carboxylic acid groups (broad SMARTS) is 1. The average molecular weight is 596 g/mol. The van der Waals surface area contributed by atoms with Crippen molar-refractivity contribution in [3.05, 3.63) is 107 Å². The van der Waals surface area contributed by atoms with E-state index in [-0.39, 0.29) is 6.10 Å². The standard InChI is InChI=1S/C37H41NO6/c1-2-8-27-12-14-28(15-13-27)16-21-33-37(30-17-19-31(20-18-30)42-26-36(39)40)34(43-24-29-9-4-3-5-10-29)23-35(38-33)44-25-32-11-6-7-22-41-32/h3-5,9-10,12-15,17-20,23,32H,2,6-8,11,16,21-22,24-26H2,1H3,(H,39,40). The van der Waals surface area contributed by atoms with Crippen molar-refractivity contribution >= 4 is 5.97 Å². The lowest BCUT2D eigenvalue weighted by Crippen LogP contribution is -2.26. The Bertz CT molecular complexity index is 1460. The summed E-state index contributed by atoms with van der Waals surface area (Å²) >= 11 is 0. The molecule has 44 heavy (non-hydrogen) atoms. The van der Waals surface area contributed by atoms with E-state index in [4.69, 9.17) is 29.0 Å². The molecule has 2 heterocycles. The predicted octanol–water partition coefficient (Wildman–Crippen LogP) is 7.48. The number of carboxylic acids is 1. The zero-order chi connectivity index (χ0) is 30.6. The first-order valence-corrected chi connectivity index (χ1v) is 15.5. The largest absolute Gasteiger partial charge is 0.488 e. The van der Waals surface area contributed by atoms with Crippen molar-refractivity contribution in [2.24, 2.45) is 0 Å². The minimum Gasteiger partial charge on any atom is -0.488 e. The number of rotatable bonds is 15. The number of nitrogens with zero attached hydrogens (tertiary/aromatic N) is 1. The lowest BCUT2D eigenvalue weighted by molar-refractivity contribution is -0.139. The molecule has 1 atom stereocenters. The molecule has 0 amide bonds. The van der Waals surface area contributed by atoms with Crippen molar-refractivity contribution < 1.29 is 28.8 Å². The van der Waals surface area contributed by atoms with Crippen LogP contribution in [0.3, 0.4) is 0 Å². The number of aryl methyl sites for hydroxylation is 3. The Kier molecular flexibility index (Phi) is 11.2. The molecule has 0 saturated carbocycles. The van der Waals surface area contributed by atoms with Crippen molar-refractivity contribution in [3.63, 3.8) is 0 Å². The summed E-state index contributed by atoms with van der Waals surface area (Å²) in [5.41, 5.74) is 6.29. The van der Waals surface area contributed by atoms with Gasteiger partial charge >= 0.3 is 5.97 Å². The van der Waals surface area contributed by atoms with Gasteiger partial charge in [0.15, 0.2) is 6.61 Å². The van der Waals surface area contributed by atoms with Crippen LogP contribution < -0.4 is 14.2 Å². The van der Waals surface area contributed by atoms with Gasteiger partial charge in [-0.3, -0.25) is 0 Å². The highest BCUT2D eigenvalue weighted by Gasteiger charge is 2.20. The number of pyridine rings is 1. The molecule has 1 aliphatic heterocycles. The van der Waals surface area contributed by atoms with E-state index >= 15 is 0 Å². The molecule has 5 rings (SSSR count). The molecular formula is C37H41NO6. The van der Waals surface area contributed by atoms with Crippen LogP contribution in [0.1, 0.15) is 55.0 Å². The van der Waals surface area contributed by atoms with Crippen LogP contribution in [0.2, 0.25) is 0 Å². The SMILES string of the molecule is CCCc1ccc(CCc2nc(OCC3CCCCO3)cc(OCc3ccccc3)c2-c2ccc(OCC(=O)O)cc2)cc1. The zero-order valence-corrected chi connectivity index (χ0v) is 25.4. The number of aliphatic carboxylic acids is 1. The molecule has 1 aliphatic rings. The Hall–Kier alpha value is -4.36. The molecule has 1 saturated heterocycles. The first kappa shape index (κ1) is 31.1. The van der Waals surface area contributed by atoms with Crippen molar-refractivity contribution in [2.45, 2.75) is 64.6 Å². The molecule has 0 spiro atoms. The normalized spacial score (nSPS) is 14.6. The van der Waals surface area contributed by atoms with Crippen LogP contribution in [0, 0.1) is 0 Å². The van der Waals surface area contributed by atoms with E-state index in [2.05, 4.69) is 31.2 Å². The Morgan fingerprint density at radius 3 is 2.30 bits per heavy atom. The topological polar surface area (TPSA) is 87.1 Å². The third-order valence-corrected chi connectivity index (χ3v) is 7.68. The molecule has 3 aromatic carbocycles. The van der Waals surface area contributed by atoms with Gasteiger partial charge in [0.1, 0.15) is 24.7 Å². The summed E-state index contributed by atoms with van der Waals surface area (Å²) in [6.45, 7) is 3.39. The monoisotopic (exact) mass is 595 g/mol. The lowest BCUT2D eigenvalue weighted by Gasteiger charge is -2.23. The van der Waals surface area contributed by atoms with E-state index in [9.17, 15) is 4.79 Å². The first-order valence-electron chi connectivity index (χ1n) is 15.5. The quantitative estimate of drug-likeness (QED) is 0.152. The highest BCUT2D eigenvalue weighted by molar-refractivity contribution is 5.74. The maximum Gasteiger partial charge on any atom is 0.341 e. The van der Waals surface area contributed by atoms with E-state index < -0.39 is 12.6 Å². The highest BCUT2D eigenvalue weighted by atomic mass is 16.5. The predicted molar refractivity (Wildman–Crippen MR) is 171 cm³/mol. The number of hydrogen-bond acceptors (Lipinski definition) is 6. The molecule has 4 aromatic rings. The number of hydrogen-bond donors (Lipinski definition) is 1. The van der Waals surface area contributed by atoms with Crippen LogP contribution in [0.25, 0.3) is 11.1 Å². The summed E-state index contributed by atoms with van der Waals surface area (Å²) in [6, 6.07) is 28.2. The molecule has 7 heteroatoms. The van der Waals surface area contributed by atoms with Crippen LogP contribution >= 0.6 is 0 Å². The summed E-state index contributed by atoms with van der Waals surface area (Å²) in [5, 5.41) is 9.01. The molecular weight excluding hydrogens is 554 g/mol. The Morgan fingerprint density at radius 1 is 0.864 bits per heavy atom. The second kappa shape index (κ2) is 15.9. The van der Waals surface area contributed by atoms with Crippen LogP contribution in [0.4, 0.5) is 0 Å². The number of carbonyl (C=O) groups is 1. The molecule has 1 N–H and O–H groups in total. The summed E-state index contributed by atoms with van der Waals surface area (Å²) in [6.07, 6.45) is 6.94. The maximum absolute atomic E-state index is 11.0. The summed E-state index contributed by atoms with van der Waals surface area (Å²) in [7, 11) is 0. The Morgan fingerprint density at radius 2 is 1.61 bits per heavy atom. The van der Waals surface area contributed by atoms with Gasteiger partial charge in [-0.05, 0) is 72.9 Å². The van der Waals surface area contributed by atoms with E-state index in [1.165, 1.54) is 11.1 Å². The summed E-state index contributed by atoms with van der Waals surface area (Å²) < 4.78 is 24.0. The van der Waals surface area contributed by atoms with E-state index in [1.54, 1.807) is 12.1 Å². The Balaban J connectivity index is 1.47. The van der Waals surface area contributed by atoms with Crippen molar-refractivity contribution in [3.8, 4) is 28.5 Å². The van der Waals surface area contributed by atoms with Crippen molar-refractivity contribution in [1.82, 2.24) is 4.98 Å². The number of aromatic nitrogens is 1. The van der Waals surface area contributed by atoms with Crippen LogP contribution in [-0.4, -0.2) is 42.0 Å². The molecule has 230 valence electrons. The third-order valence-electron chi connectivity index (χ3n) is 7.68. The lowest BCUT2D eigenvalue weighted by atomic mass is 9.97. The van der Waals surface area contributed by atoms with Crippen LogP contribution in [0.5, 0.6) is 17.4 Å². The van der Waals surface area contributed by atoms with Gasteiger partial charge in [-0.25, -0.2) is 9.78 Å². The van der Waals surface area contributed by atoms with E-state index in [1.807, 2.05) is 48.5 Å². The maximum atomic E-state index is 11.0. The average Bonchev–Trinajstić information content (AvgIpc) is 3.06. The number of benzene rings is 3. The minimum atomic E-state index is -1.02. The molecule has 7 nitrogen and oxygen atoms in total.